The summed E-state index contributed by atoms with van der Waals surface area (Å²) >= 11 is 8.58. The summed E-state index contributed by atoms with van der Waals surface area (Å²) < 4.78 is 0. The van der Waals surface area contributed by atoms with Crippen LogP contribution in [0.4, 0.5) is 0 Å². The number of likely N-dealkylation sites (N-methyl/N-ethyl adjacent to an activating group) is 1. The van der Waals surface area contributed by atoms with Gasteiger partial charge in [0.25, 0.3) is 0 Å². The second kappa shape index (κ2) is 19.5. The Hall–Kier alpha value is -4.32. The normalized spacial score (nSPS) is 18.9. The molecule has 6 rings (SSSR count). The van der Waals surface area contributed by atoms with E-state index in [1.807, 2.05) is 72.9 Å². The number of halogens is 1. The number of nitrogens with zero attached hydrogens (tertiary/aromatic N) is 2. The van der Waals surface area contributed by atoms with Crippen LogP contribution in [0.5, 0.6) is 0 Å². The van der Waals surface area contributed by atoms with Crippen molar-refractivity contribution in [2.45, 2.75) is 86.2 Å². The van der Waals surface area contributed by atoms with Gasteiger partial charge in [-0.25, -0.2) is 0 Å². The fraction of sp³-hybridized carbons (Fsp3) is 0.364. The number of aromatic amines is 1. The number of hydrogen-bond donors (Lipinski definition) is 4. The zero-order chi connectivity index (χ0) is 38.7. The lowest BCUT2D eigenvalue weighted by Gasteiger charge is -2.31. The highest BCUT2D eigenvalue weighted by molar-refractivity contribution is 7.99. The van der Waals surface area contributed by atoms with Crippen molar-refractivity contribution < 1.29 is 14.4 Å². The highest BCUT2D eigenvalue weighted by Crippen LogP contribution is 2.42. The predicted molar refractivity (Wildman–Crippen MR) is 222 cm³/mol. The van der Waals surface area contributed by atoms with Gasteiger partial charge in [-0.15, -0.1) is 0 Å². The number of carbonyl (C=O) groups is 3. The molecule has 6 N–H and O–H groups in total. The molecule has 0 saturated carbocycles. The van der Waals surface area contributed by atoms with Crippen molar-refractivity contribution in [1.82, 2.24) is 20.2 Å². The average molecular weight is 779 g/mol. The second-order valence-corrected chi connectivity index (χ2v) is 15.8. The molecular weight excluding hydrogens is 728 g/mol. The van der Waals surface area contributed by atoms with Crippen molar-refractivity contribution >= 4 is 51.7 Å². The molecule has 3 aromatic carbocycles. The average Bonchev–Trinajstić information content (AvgIpc) is 3.62. The van der Waals surface area contributed by atoms with Crippen molar-refractivity contribution in [3.05, 3.63) is 113 Å². The lowest BCUT2D eigenvalue weighted by molar-refractivity contribution is -0.143. The van der Waals surface area contributed by atoms with E-state index in [0.29, 0.717) is 63.2 Å². The first-order valence-corrected chi connectivity index (χ1v) is 20.5. The molecule has 55 heavy (non-hydrogen) atoms. The van der Waals surface area contributed by atoms with E-state index in [-0.39, 0.29) is 30.3 Å². The summed E-state index contributed by atoms with van der Waals surface area (Å²) in [6.07, 6.45) is 7.63. The third kappa shape index (κ3) is 9.92. The standard InChI is InChI=1S/C44H51ClN6O3S/c1-51-38(24-32-27-48-36-17-7-6-16-33(32)36)39(52)21-20-34-35(45)28-50-42(29-12-3-2-4-13-29)43(34)55-41-19-8-5-15-31(41)26-49-37(18-11-23-47)40(53)25-30(44(51)54)14-9-10-22-46/h2-8,12-13,15-17,19,27-28,30,37-38,48-49H,9-11,14,18,20-26,46-47H2,1H3/t30-,37+,38+/m1/s1. The van der Waals surface area contributed by atoms with E-state index < -0.39 is 18.0 Å². The van der Waals surface area contributed by atoms with Crippen LogP contribution < -0.4 is 16.8 Å². The van der Waals surface area contributed by atoms with Crippen LogP contribution in [0.3, 0.4) is 0 Å². The van der Waals surface area contributed by atoms with Gasteiger partial charge in [-0.1, -0.05) is 96.5 Å². The molecule has 1 aliphatic rings. The van der Waals surface area contributed by atoms with Gasteiger partial charge in [-0.3, -0.25) is 19.4 Å². The maximum absolute atomic E-state index is 14.7. The number of pyridine rings is 1. The zero-order valence-corrected chi connectivity index (χ0v) is 33.0. The Morgan fingerprint density at radius 1 is 0.873 bits per heavy atom. The number of amides is 1. The summed E-state index contributed by atoms with van der Waals surface area (Å²) in [7, 11) is 1.71. The monoisotopic (exact) mass is 778 g/mol. The van der Waals surface area contributed by atoms with Gasteiger partial charge in [-0.2, -0.15) is 0 Å². The Kier molecular flexibility index (Phi) is 14.3. The van der Waals surface area contributed by atoms with Crippen molar-refractivity contribution in [2.24, 2.45) is 17.4 Å². The second-order valence-electron chi connectivity index (χ2n) is 14.3. The van der Waals surface area contributed by atoms with Crippen LogP contribution >= 0.6 is 23.4 Å². The minimum Gasteiger partial charge on any atom is -0.361 e. The smallest absolute Gasteiger partial charge is 0.226 e. The van der Waals surface area contributed by atoms with E-state index >= 15 is 0 Å². The molecule has 11 heteroatoms. The van der Waals surface area contributed by atoms with Gasteiger partial charge in [0.05, 0.1) is 22.8 Å². The summed E-state index contributed by atoms with van der Waals surface area (Å²) in [5, 5.41) is 5.03. The molecule has 288 valence electrons. The first kappa shape index (κ1) is 40.3. The van der Waals surface area contributed by atoms with Crippen molar-refractivity contribution in [3.8, 4) is 11.3 Å². The number of hydrogen-bond acceptors (Lipinski definition) is 8. The van der Waals surface area contributed by atoms with Gasteiger partial charge in [0, 0.05) is 77.4 Å². The van der Waals surface area contributed by atoms with Crippen molar-refractivity contribution in [2.75, 3.05) is 20.1 Å². The van der Waals surface area contributed by atoms with Gasteiger partial charge in [0.1, 0.15) is 0 Å². The van der Waals surface area contributed by atoms with E-state index in [1.54, 1.807) is 29.9 Å². The fourth-order valence-electron chi connectivity index (χ4n) is 7.51. The maximum atomic E-state index is 14.7. The summed E-state index contributed by atoms with van der Waals surface area (Å²) in [5.74, 6) is -0.918. The van der Waals surface area contributed by atoms with Gasteiger partial charge in [-0.05, 0) is 74.0 Å². The number of fused-ring (bicyclic) bond motifs is 3. The zero-order valence-electron chi connectivity index (χ0n) is 31.4. The minimum atomic E-state index is -0.772. The first-order chi connectivity index (χ1) is 26.8. The Morgan fingerprint density at radius 3 is 2.42 bits per heavy atom. The Labute approximate surface area is 333 Å². The van der Waals surface area contributed by atoms with Crippen LogP contribution in [-0.2, 0) is 33.8 Å². The largest absolute Gasteiger partial charge is 0.361 e. The molecule has 0 saturated heterocycles. The lowest BCUT2D eigenvalue weighted by Crippen LogP contribution is -2.47. The number of para-hydroxylation sites is 1. The highest BCUT2D eigenvalue weighted by atomic mass is 35.5. The third-order valence-electron chi connectivity index (χ3n) is 10.6. The molecule has 0 aliphatic carbocycles. The minimum absolute atomic E-state index is 0.0328. The fourth-order valence-corrected chi connectivity index (χ4v) is 9.04. The van der Waals surface area contributed by atoms with Crippen LogP contribution in [0.25, 0.3) is 22.2 Å². The molecule has 3 heterocycles. The summed E-state index contributed by atoms with van der Waals surface area (Å²) in [6.45, 7) is 1.38. The third-order valence-corrected chi connectivity index (χ3v) is 12.2. The van der Waals surface area contributed by atoms with E-state index in [0.717, 1.165) is 55.1 Å². The molecule has 0 bridgehead atoms. The quantitative estimate of drug-likeness (QED) is 0.107. The molecule has 5 aromatic rings. The number of carbonyl (C=O) groups excluding carboxylic acids is 3. The van der Waals surface area contributed by atoms with Crippen LogP contribution in [0, 0.1) is 5.92 Å². The first-order valence-electron chi connectivity index (χ1n) is 19.3. The maximum Gasteiger partial charge on any atom is 0.226 e. The number of nitrogens with one attached hydrogen (secondary N) is 2. The van der Waals surface area contributed by atoms with Gasteiger partial charge in [0.2, 0.25) is 5.91 Å². The highest BCUT2D eigenvalue weighted by Gasteiger charge is 2.34. The molecule has 1 aliphatic heterocycles. The predicted octanol–water partition coefficient (Wildman–Crippen LogP) is 7.52. The molecule has 0 spiro atoms. The molecule has 0 fully saturated rings. The number of nitrogens with two attached hydrogens (primary N) is 2. The molecule has 0 unspecified atom stereocenters. The molecule has 1 amide bonds. The van der Waals surface area contributed by atoms with Crippen LogP contribution in [0.1, 0.15) is 61.6 Å². The number of H-pyrrole nitrogens is 1. The molecule has 3 atom stereocenters. The summed E-state index contributed by atoms with van der Waals surface area (Å²) in [5.41, 5.74) is 17.3. The van der Waals surface area contributed by atoms with Crippen LogP contribution in [0.15, 0.2) is 101 Å². The van der Waals surface area contributed by atoms with Gasteiger partial charge in [0.15, 0.2) is 11.6 Å². The van der Waals surface area contributed by atoms with E-state index in [4.69, 9.17) is 28.1 Å². The Bertz CT molecular complexity index is 2090. The topological polar surface area (TPSA) is 147 Å². The van der Waals surface area contributed by atoms with Crippen molar-refractivity contribution in [3.63, 3.8) is 0 Å². The van der Waals surface area contributed by atoms with Crippen molar-refractivity contribution in [1.29, 1.82) is 0 Å². The SMILES string of the molecule is CN1C(=O)[C@H](CCCCN)CC(=O)[C@H](CCCN)NCc2ccccc2Sc2c(-c3ccccc3)ncc(Cl)c2CCC(=O)[C@@H]1Cc1c[nH]c2ccccc12. The summed E-state index contributed by atoms with van der Waals surface area (Å²) in [6, 6.07) is 24.8. The number of aromatic nitrogens is 2. The van der Waals surface area contributed by atoms with Crippen LogP contribution in [0.2, 0.25) is 5.02 Å². The number of unbranched alkanes of at least 4 members (excludes halogenated alkanes) is 1. The van der Waals surface area contributed by atoms with E-state index in [1.165, 1.54) is 0 Å². The molecule has 0 radical (unpaired) electrons. The molecule has 9 nitrogen and oxygen atoms in total. The number of benzene rings is 3. The van der Waals surface area contributed by atoms with E-state index in [2.05, 4.69) is 22.4 Å². The Morgan fingerprint density at radius 2 is 1.62 bits per heavy atom. The summed E-state index contributed by atoms with van der Waals surface area (Å²) in [4.78, 5) is 55.2. The molecular formula is C44H51ClN6O3S. The number of Topliss-reactive ketones (excluding diaryl/α,β-unsaturated/α-hetero) is 2. The van der Waals surface area contributed by atoms with Gasteiger partial charge < -0.3 is 26.7 Å². The van der Waals surface area contributed by atoms with Gasteiger partial charge >= 0.3 is 0 Å². The Balaban J connectivity index is 1.46. The lowest BCUT2D eigenvalue weighted by atomic mass is 9.89. The van der Waals surface area contributed by atoms with Crippen LogP contribution in [-0.4, -0.2) is 64.6 Å². The number of rotatable bonds is 10. The van der Waals surface area contributed by atoms with E-state index in [9.17, 15) is 14.4 Å². The molecule has 2 aromatic heterocycles. The number of ketones is 2.